The van der Waals surface area contributed by atoms with Gasteiger partial charge >= 0.3 is 0 Å². The number of rotatable bonds is 1. The summed E-state index contributed by atoms with van der Waals surface area (Å²) in [4.78, 5) is 4.12. The van der Waals surface area contributed by atoms with Gasteiger partial charge in [0.2, 0.25) is 5.89 Å². The third-order valence-electron chi connectivity index (χ3n) is 1.51. The number of nitrogens with two attached hydrogens (primary N) is 1. The van der Waals surface area contributed by atoms with Crippen molar-refractivity contribution in [3.8, 4) is 11.5 Å². The van der Waals surface area contributed by atoms with Crippen LogP contribution in [0.25, 0.3) is 11.5 Å². The topological polar surface area (TPSA) is 80.7 Å². The molecule has 0 spiro atoms. The van der Waals surface area contributed by atoms with Crippen LogP contribution in [0.1, 0.15) is 0 Å². The van der Waals surface area contributed by atoms with Gasteiger partial charge in [-0.15, -0.1) is 5.10 Å². The highest BCUT2D eigenvalue weighted by Crippen LogP contribution is 2.20. The largest absolute Gasteiger partial charge is 0.409 e. The molecule has 0 atom stereocenters. The number of H-pyrrole nitrogens is 1. The van der Waals surface area contributed by atoms with Gasteiger partial charge in [0.1, 0.15) is 5.82 Å². The average Bonchev–Trinajstić information content (AvgIpc) is 2.53. The van der Waals surface area contributed by atoms with Crippen LogP contribution in [0.2, 0.25) is 0 Å². The summed E-state index contributed by atoms with van der Waals surface area (Å²) in [5.74, 6) is 0.725. The molecule has 13 heavy (non-hydrogen) atoms. The molecular weight excluding hydrogens is 188 g/mol. The van der Waals surface area contributed by atoms with Crippen molar-refractivity contribution < 1.29 is 4.42 Å². The number of nitrogens with zero attached hydrogens (tertiary/aromatic N) is 2. The van der Waals surface area contributed by atoms with Crippen molar-refractivity contribution in [1.82, 2.24) is 15.2 Å². The van der Waals surface area contributed by atoms with Crippen molar-refractivity contribution in [2.24, 2.45) is 0 Å². The summed E-state index contributed by atoms with van der Waals surface area (Å²) in [6, 6.07) is 3.51. The third-order valence-corrected chi connectivity index (χ3v) is 1.68. The molecule has 0 saturated carbocycles. The molecule has 0 fully saturated rings. The van der Waals surface area contributed by atoms with E-state index in [-0.39, 0.29) is 4.84 Å². The number of anilines is 1. The molecule has 0 saturated heterocycles. The van der Waals surface area contributed by atoms with Gasteiger partial charge in [0.15, 0.2) is 0 Å². The molecule has 0 aliphatic rings. The fraction of sp³-hybridized carbons (Fsp3) is 0. The molecule has 66 valence electrons. The Hall–Kier alpha value is -1.69. The van der Waals surface area contributed by atoms with Crippen LogP contribution in [-0.2, 0) is 0 Å². The number of hydrogen-bond donors (Lipinski definition) is 2. The highest BCUT2D eigenvalue weighted by atomic mass is 32.1. The second-order valence-electron chi connectivity index (χ2n) is 2.35. The van der Waals surface area contributed by atoms with E-state index in [9.17, 15) is 0 Å². The van der Waals surface area contributed by atoms with E-state index in [2.05, 4.69) is 15.2 Å². The van der Waals surface area contributed by atoms with E-state index in [1.807, 2.05) is 0 Å². The first kappa shape index (κ1) is 7.93. The molecule has 0 bridgehead atoms. The van der Waals surface area contributed by atoms with Gasteiger partial charge in [-0.05, 0) is 24.4 Å². The highest BCUT2D eigenvalue weighted by molar-refractivity contribution is 7.71. The van der Waals surface area contributed by atoms with E-state index >= 15 is 0 Å². The second kappa shape index (κ2) is 2.98. The minimum Gasteiger partial charge on any atom is -0.409 e. The summed E-state index contributed by atoms with van der Waals surface area (Å²) < 4.78 is 5.08. The van der Waals surface area contributed by atoms with Crippen LogP contribution >= 0.6 is 12.2 Å². The summed E-state index contributed by atoms with van der Waals surface area (Å²) >= 11 is 4.73. The van der Waals surface area contributed by atoms with Crippen molar-refractivity contribution in [2.75, 3.05) is 5.73 Å². The first-order valence-electron chi connectivity index (χ1n) is 3.54. The van der Waals surface area contributed by atoms with Gasteiger partial charge in [-0.25, -0.2) is 10.1 Å². The molecule has 0 aliphatic carbocycles. The van der Waals surface area contributed by atoms with E-state index in [1.165, 1.54) is 0 Å². The molecule has 3 N–H and O–H groups in total. The maximum atomic E-state index is 5.60. The van der Waals surface area contributed by atoms with Crippen LogP contribution in [0.15, 0.2) is 22.7 Å². The zero-order valence-electron chi connectivity index (χ0n) is 6.52. The maximum absolute atomic E-state index is 5.60. The average molecular weight is 194 g/mol. The quantitative estimate of drug-likeness (QED) is 0.670. The van der Waals surface area contributed by atoms with Crippen molar-refractivity contribution in [3.63, 3.8) is 0 Å². The molecule has 2 aromatic heterocycles. The summed E-state index contributed by atoms with van der Waals surface area (Å²) in [7, 11) is 0. The predicted molar refractivity (Wildman–Crippen MR) is 49.3 cm³/mol. The van der Waals surface area contributed by atoms with E-state index in [4.69, 9.17) is 22.4 Å². The minimum absolute atomic E-state index is 0.221. The molecule has 0 unspecified atom stereocenters. The molecule has 5 nitrogen and oxygen atoms in total. The van der Waals surface area contributed by atoms with Gasteiger partial charge < -0.3 is 10.2 Å². The lowest BCUT2D eigenvalue weighted by Crippen LogP contribution is -1.92. The zero-order valence-corrected chi connectivity index (χ0v) is 7.34. The fourth-order valence-corrected chi connectivity index (χ4v) is 1.07. The van der Waals surface area contributed by atoms with Gasteiger partial charge in [0.25, 0.3) is 4.84 Å². The van der Waals surface area contributed by atoms with Gasteiger partial charge in [-0.3, -0.25) is 0 Å². The first-order valence-corrected chi connectivity index (χ1v) is 3.94. The van der Waals surface area contributed by atoms with Crippen molar-refractivity contribution in [2.45, 2.75) is 0 Å². The number of nitrogens with one attached hydrogen (secondary N) is 1. The van der Waals surface area contributed by atoms with Crippen LogP contribution in [0.4, 0.5) is 5.82 Å². The van der Waals surface area contributed by atoms with Gasteiger partial charge in [0.05, 0.1) is 5.56 Å². The van der Waals surface area contributed by atoms with Crippen LogP contribution in [-0.4, -0.2) is 15.2 Å². The molecule has 0 amide bonds. The standard InChI is InChI=1S/C7H6N4OS/c8-5-4(2-1-3-9-5)6-10-11-7(13)12-6/h1-3H,(H2,8,9)(H,11,13). The lowest BCUT2D eigenvalue weighted by atomic mass is 10.2. The van der Waals surface area contributed by atoms with Crippen LogP contribution < -0.4 is 5.73 Å². The van der Waals surface area contributed by atoms with Crippen LogP contribution in [0.5, 0.6) is 0 Å². The second-order valence-corrected chi connectivity index (χ2v) is 2.73. The normalized spacial score (nSPS) is 10.2. The Morgan fingerprint density at radius 1 is 1.54 bits per heavy atom. The Morgan fingerprint density at radius 2 is 2.38 bits per heavy atom. The Labute approximate surface area is 78.6 Å². The first-order chi connectivity index (χ1) is 6.27. The molecular formula is C7H6N4OS. The number of hydrogen-bond acceptors (Lipinski definition) is 5. The Kier molecular flexibility index (Phi) is 1.82. The number of aromatic amines is 1. The minimum atomic E-state index is 0.221. The molecule has 2 heterocycles. The number of pyridine rings is 1. The third kappa shape index (κ3) is 1.43. The van der Waals surface area contributed by atoms with Gasteiger partial charge in [-0.2, -0.15) is 0 Å². The lowest BCUT2D eigenvalue weighted by molar-refractivity contribution is 0.552. The summed E-state index contributed by atoms with van der Waals surface area (Å²) in [6.45, 7) is 0. The maximum Gasteiger partial charge on any atom is 0.284 e. The smallest absolute Gasteiger partial charge is 0.284 e. The number of aromatic nitrogens is 3. The van der Waals surface area contributed by atoms with Crippen molar-refractivity contribution >= 4 is 18.0 Å². The molecule has 6 heteroatoms. The summed E-state index contributed by atoms with van der Waals surface area (Å²) in [5, 5.41) is 6.34. The van der Waals surface area contributed by atoms with Crippen LogP contribution in [0.3, 0.4) is 0 Å². The zero-order chi connectivity index (χ0) is 9.26. The Bertz CT molecular complexity index is 475. The van der Waals surface area contributed by atoms with Gasteiger partial charge in [0, 0.05) is 6.20 Å². The molecule has 0 aromatic carbocycles. The fourth-order valence-electron chi connectivity index (χ4n) is 0.943. The lowest BCUT2D eigenvalue weighted by Gasteiger charge is -1.96. The van der Waals surface area contributed by atoms with E-state index in [0.717, 1.165) is 0 Å². The van der Waals surface area contributed by atoms with Gasteiger partial charge in [-0.1, -0.05) is 0 Å². The predicted octanol–water partition coefficient (Wildman–Crippen LogP) is 1.38. The summed E-state index contributed by atoms with van der Waals surface area (Å²) in [6.07, 6.45) is 1.60. The number of nitrogen functional groups attached to an aromatic ring is 1. The van der Waals surface area contributed by atoms with E-state index < -0.39 is 0 Å². The molecule has 0 radical (unpaired) electrons. The molecule has 2 rings (SSSR count). The van der Waals surface area contributed by atoms with Crippen molar-refractivity contribution in [3.05, 3.63) is 23.2 Å². The highest BCUT2D eigenvalue weighted by Gasteiger charge is 2.07. The van der Waals surface area contributed by atoms with Crippen LogP contribution in [0, 0.1) is 4.84 Å². The summed E-state index contributed by atoms with van der Waals surface area (Å²) in [5.41, 5.74) is 6.24. The Morgan fingerprint density at radius 3 is 3.00 bits per heavy atom. The SMILES string of the molecule is Nc1ncccc1-c1n[nH]c(=S)o1. The van der Waals surface area contributed by atoms with E-state index in [0.29, 0.717) is 17.3 Å². The van der Waals surface area contributed by atoms with E-state index in [1.54, 1.807) is 18.3 Å². The molecule has 2 aromatic rings. The van der Waals surface area contributed by atoms with Crippen molar-refractivity contribution in [1.29, 1.82) is 0 Å². The Balaban J connectivity index is 2.58. The molecule has 0 aliphatic heterocycles. The monoisotopic (exact) mass is 194 g/mol.